The summed E-state index contributed by atoms with van der Waals surface area (Å²) < 4.78 is 0. The molecular formula is C29H36ClN3O4. The number of carbonyl (C=O) groups excluding carboxylic acids is 2. The van der Waals surface area contributed by atoms with Gasteiger partial charge in [-0.05, 0) is 72.6 Å². The van der Waals surface area contributed by atoms with Crippen molar-refractivity contribution in [3.8, 4) is 0 Å². The minimum Gasteiger partial charge on any atom is -0.478 e. The van der Waals surface area contributed by atoms with Gasteiger partial charge in [0.05, 0.1) is 5.56 Å². The Morgan fingerprint density at radius 1 is 1.08 bits per heavy atom. The molecule has 0 spiro atoms. The summed E-state index contributed by atoms with van der Waals surface area (Å²) in [6.45, 7) is 10.5. The predicted molar refractivity (Wildman–Crippen MR) is 145 cm³/mol. The van der Waals surface area contributed by atoms with E-state index in [4.69, 9.17) is 11.6 Å². The Bertz CT molecular complexity index is 1200. The Balaban J connectivity index is 1.42. The molecule has 4 rings (SSSR count). The van der Waals surface area contributed by atoms with Crippen LogP contribution in [0.25, 0.3) is 0 Å². The number of nitrogens with zero attached hydrogens (tertiary/aromatic N) is 2. The molecule has 2 fully saturated rings. The van der Waals surface area contributed by atoms with Crippen molar-refractivity contribution < 1.29 is 19.5 Å². The predicted octanol–water partition coefficient (Wildman–Crippen LogP) is 5.24. The lowest BCUT2D eigenvalue weighted by Crippen LogP contribution is -2.51. The summed E-state index contributed by atoms with van der Waals surface area (Å²) in [6, 6.07) is 10.5. The first-order chi connectivity index (χ1) is 17.4. The average molecular weight is 526 g/mol. The Kier molecular flexibility index (Phi) is 7.95. The van der Waals surface area contributed by atoms with Crippen LogP contribution in [0.5, 0.6) is 0 Å². The van der Waals surface area contributed by atoms with Crippen LogP contribution in [0.15, 0.2) is 36.4 Å². The second kappa shape index (κ2) is 10.8. The van der Waals surface area contributed by atoms with Gasteiger partial charge in [-0.1, -0.05) is 44.5 Å². The molecule has 2 aliphatic heterocycles. The van der Waals surface area contributed by atoms with E-state index in [9.17, 15) is 19.5 Å². The van der Waals surface area contributed by atoms with Gasteiger partial charge in [-0.25, -0.2) is 4.79 Å². The van der Waals surface area contributed by atoms with Crippen LogP contribution in [-0.4, -0.2) is 57.9 Å². The summed E-state index contributed by atoms with van der Waals surface area (Å²) in [5.41, 5.74) is 3.40. The zero-order chi connectivity index (χ0) is 26.9. The van der Waals surface area contributed by atoms with E-state index >= 15 is 0 Å². The lowest BCUT2D eigenvalue weighted by atomic mass is 9.85. The Hall–Kier alpha value is -2.90. The Morgan fingerprint density at radius 2 is 1.78 bits per heavy atom. The van der Waals surface area contributed by atoms with Crippen molar-refractivity contribution in [2.75, 3.05) is 18.4 Å². The molecule has 8 heteroatoms. The number of hydrogen-bond acceptors (Lipinski definition) is 4. The molecule has 7 nitrogen and oxygen atoms in total. The first kappa shape index (κ1) is 27.1. The molecule has 1 unspecified atom stereocenters. The van der Waals surface area contributed by atoms with Gasteiger partial charge in [0, 0.05) is 42.8 Å². The van der Waals surface area contributed by atoms with Gasteiger partial charge in [0.15, 0.2) is 0 Å². The third-order valence-electron chi connectivity index (χ3n) is 7.45. The fourth-order valence-corrected chi connectivity index (χ4v) is 5.44. The number of carboxylic acid groups (broad SMARTS) is 1. The van der Waals surface area contributed by atoms with E-state index in [0.29, 0.717) is 18.5 Å². The van der Waals surface area contributed by atoms with E-state index in [1.165, 1.54) is 11.6 Å². The van der Waals surface area contributed by atoms with Crippen LogP contribution < -0.4 is 5.32 Å². The number of benzene rings is 2. The van der Waals surface area contributed by atoms with Gasteiger partial charge >= 0.3 is 5.97 Å². The maximum Gasteiger partial charge on any atom is 0.335 e. The van der Waals surface area contributed by atoms with Gasteiger partial charge in [-0.3, -0.25) is 14.5 Å². The summed E-state index contributed by atoms with van der Waals surface area (Å²) in [7, 11) is 0. The van der Waals surface area contributed by atoms with Gasteiger partial charge in [-0.2, -0.15) is 0 Å². The van der Waals surface area contributed by atoms with E-state index in [0.717, 1.165) is 48.6 Å². The normalized spacial score (nSPS) is 19.3. The van der Waals surface area contributed by atoms with Crippen LogP contribution in [0.3, 0.4) is 0 Å². The van der Waals surface area contributed by atoms with Crippen molar-refractivity contribution in [2.24, 2.45) is 0 Å². The number of likely N-dealkylation sites (tertiary alicyclic amines) is 2. The van der Waals surface area contributed by atoms with Gasteiger partial charge in [0.1, 0.15) is 6.04 Å². The number of aromatic carboxylic acids is 1. The van der Waals surface area contributed by atoms with Crippen molar-refractivity contribution in [2.45, 2.75) is 77.4 Å². The molecule has 0 saturated carbocycles. The van der Waals surface area contributed by atoms with Gasteiger partial charge in [-0.15, -0.1) is 0 Å². The number of carbonyl (C=O) groups is 3. The van der Waals surface area contributed by atoms with Crippen molar-refractivity contribution in [1.29, 1.82) is 0 Å². The Labute approximate surface area is 223 Å². The minimum absolute atomic E-state index is 0.0154. The van der Waals surface area contributed by atoms with Crippen molar-refractivity contribution in [3.63, 3.8) is 0 Å². The molecule has 2 aromatic carbocycles. The molecule has 198 valence electrons. The fraction of sp³-hybridized carbons (Fsp3) is 0.483. The molecule has 2 N–H and O–H groups in total. The number of aryl methyl sites for hydroxylation is 1. The fourth-order valence-electron chi connectivity index (χ4n) is 5.32. The number of amides is 2. The molecule has 2 saturated heterocycles. The second-order valence-electron chi connectivity index (χ2n) is 11.3. The van der Waals surface area contributed by atoms with Crippen molar-refractivity contribution in [3.05, 3.63) is 63.7 Å². The highest BCUT2D eigenvalue weighted by Crippen LogP contribution is 2.30. The van der Waals surface area contributed by atoms with Crippen molar-refractivity contribution in [1.82, 2.24) is 9.80 Å². The zero-order valence-electron chi connectivity index (χ0n) is 22.0. The van der Waals surface area contributed by atoms with Crippen LogP contribution >= 0.6 is 11.6 Å². The molecule has 2 amide bonds. The Morgan fingerprint density at radius 3 is 2.41 bits per heavy atom. The number of nitrogens with one attached hydrogen (secondary N) is 1. The highest BCUT2D eigenvalue weighted by Gasteiger charge is 2.41. The van der Waals surface area contributed by atoms with Crippen LogP contribution in [0.4, 0.5) is 5.69 Å². The standard InChI is InChI=1S/C29H36ClN3O4/c1-18-13-19(5-6-24(18)30)17-32-11-9-23(10-12-32)33-25(7-8-26(33)34)27(35)31-22-15-20(28(36)37)14-21(16-22)29(2,3)4/h5-6,13-16,23,25H,7-12,17H2,1-4H3,(H,31,35)(H,36,37). The van der Waals surface area contributed by atoms with Crippen LogP contribution in [0.1, 0.15) is 73.5 Å². The first-order valence-corrected chi connectivity index (χ1v) is 13.3. The van der Waals surface area contributed by atoms with E-state index in [1.807, 2.05) is 39.8 Å². The third-order valence-corrected chi connectivity index (χ3v) is 7.87. The monoisotopic (exact) mass is 525 g/mol. The van der Waals surface area contributed by atoms with Gasteiger partial charge in [0.2, 0.25) is 11.8 Å². The van der Waals surface area contributed by atoms with Crippen LogP contribution in [-0.2, 0) is 21.5 Å². The topological polar surface area (TPSA) is 90.0 Å². The number of hydrogen-bond donors (Lipinski definition) is 2. The van der Waals surface area contributed by atoms with E-state index < -0.39 is 12.0 Å². The first-order valence-electron chi connectivity index (χ1n) is 12.9. The van der Waals surface area contributed by atoms with Crippen LogP contribution in [0.2, 0.25) is 5.02 Å². The van der Waals surface area contributed by atoms with E-state index in [2.05, 4.69) is 22.3 Å². The largest absolute Gasteiger partial charge is 0.478 e. The number of rotatable bonds is 6. The second-order valence-corrected chi connectivity index (χ2v) is 11.7. The molecule has 0 aromatic heterocycles. The van der Waals surface area contributed by atoms with Crippen molar-refractivity contribution >= 4 is 35.1 Å². The summed E-state index contributed by atoms with van der Waals surface area (Å²) in [6.07, 6.45) is 2.44. The SMILES string of the molecule is Cc1cc(CN2CCC(N3C(=O)CCC3C(=O)Nc3cc(C(=O)O)cc(C(C)(C)C)c3)CC2)ccc1Cl. The molecular weight excluding hydrogens is 490 g/mol. The van der Waals surface area contributed by atoms with E-state index in [1.54, 1.807) is 11.0 Å². The molecule has 0 radical (unpaired) electrons. The zero-order valence-corrected chi connectivity index (χ0v) is 22.8. The number of anilines is 1. The summed E-state index contributed by atoms with van der Waals surface area (Å²) in [5.74, 6) is -1.28. The van der Waals surface area contributed by atoms with E-state index in [-0.39, 0.29) is 28.8 Å². The third kappa shape index (κ3) is 6.33. The molecule has 2 aromatic rings. The number of carboxylic acids is 1. The van der Waals surface area contributed by atoms with Gasteiger partial charge in [0.25, 0.3) is 0 Å². The maximum atomic E-state index is 13.3. The maximum absolute atomic E-state index is 13.3. The molecule has 0 aliphatic carbocycles. The smallest absolute Gasteiger partial charge is 0.335 e. The van der Waals surface area contributed by atoms with Crippen LogP contribution in [0, 0.1) is 6.92 Å². The lowest BCUT2D eigenvalue weighted by Gasteiger charge is -2.39. The summed E-state index contributed by atoms with van der Waals surface area (Å²) >= 11 is 6.16. The molecule has 2 aliphatic rings. The highest BCUT2D eigenvalue weighted by atomic mass is 35.5. The molecule has 1 atom stereocenters. The minimum atomic E-state index is -1.04. The highest BCUT2D eigenvalue weighted by molar-refractivity contribution is 6.31. The molecule has 2 heterocycles. The number of halogens is 1. The quantitative estimate of drug-likeness (QED) is 0.538. The van der Waals surface area contributed by atoms with Gasteiger partial charge < -0.3 is 15.3 Å². The summed E-state index contributed by atoms with van der Waals surface area (Å²) in [4.78, 5) is 42.0. The number of piperidine rings is 1. The lowest BCUT2D eigenvalue weighted by molar-refractivity contribution is -0.136. The summed E-state index contributed by atoms with van der Waals surface area (Å²) in [5, 5.41) is 13.2. The average Bonchev–Trinajstić information content (AvgIpc) is 3.22. The molecule has 37 heavy (non-hydrogen) atoms. The molecule has 0 bridgehead atoms.